The van der Waals surface area contributed by atoms with Gasteiger partial charge in [0, 0.05) is 7.11 Å². The van der Waals surface area contributed by atoms with Gasteiger partial charge in [0.25, 0.3) is 8.32 Å². The van der Waals surface area contributed by atoms with Gasteiger partial charge in [0.2, 0.25) is 0 Å². The van der Waals surface area contributed by atoms with Crippen molar-refractivity contribution in [2.24, 2.45) is 0 Å². The highest BCUT2D eigenvalue weighted by atomic mass is 28.4. The van der Waals surface area contributed by atoms with Crippen LogP contribution in [-0.2, 0) is 89.6 Å². The Kier molecular flexibility index (Phi) is 20.5. The number of hydrogen-bond donors (Lipinski definition) is 1. The van der Waals surface area contributed by atoms with E-state index in [2.05, 4.69) is 69.3 Å². The van der Waals surface area contributed by atoms with Gasteiger partial charge in [-0.25, -0.2) is 0 Å². The van der Waals surface area contributed by atoms with Crippen molar-refractivity contribution in [2.75, 3.05) is 26.9 Å². The summed E-state index contributed by atoms with van der Waals surface area (Å²) in [7, 11) is -1.56. The Morgan fingerprint density at radius 3 is 1.19 bits per heavy atom. The highest BCUT2D eigenvalue weighted by Crippen LogP contribution is 2.40. The first-order chi connectivity index (χ1) is 39.7. The molecule has 3 heterocycles. The molecule has 3 aliphatic heterocycles. The fourth-order valence-corrected chi connectivity index (χ4v) is 15.7. The SMILES string of the molecule is CO[C@H]1O[C@H](CO[C@H]2O[C@H](CO[Si](c3ccccc3)(c3ccccc3)C(C)(C)C)[C@@H](O[C@H]3O[C@H](COCc4ccccc4)[C@@H](OCc4ccccc4)[C@@H]3O)[C@@H]2OCc2ccccc2)[C@@H](OCc2ccccc2)[C@@H]1OCc1ccccc1. The summed E-state index contributed by atoms with van der Waals surface area (Å²) < 4.78 is 81.5. The van der Waals surface area contributed by atoms with Crippen molar-refractivity contribution in [3.8, 4) is 0 Å². The fraction of sp³-hybridized carbons (Fsp3) is 0.373. The Morgan fingerprint density at radius 1 is 0.383 bits per heavy atom. The van der Waals surface area contributed by atoms with Crippen LogP contribution in [0.2, 0.25) is 5.04 Å². The molecule has 0 amide bonds. The largest absolute Gasteiger partial charge is 0.405 e. The van der Waals surface area contributed by atoms with Crippen LogP contribution in [0.15, 0.2) is 212 Å². The molecule has 3 fully saturated rings. The van der Waals surface area contributed by atoms with E-state index in [0.29, 0.717) is 19.8 Å². The maximum absolute atomic E-state index is 12.5. The molecule has 3 saturated heterocycles. The molecule has 0 aliphatic carbocycles. The van der Waals surface area contributed by atoms with Crippen molar-refractivity contribution < 1.29 is 61.6 Å². The Morgan fingerprint density at radius 2 is 0.741 bits per heavy atom. The van der Waals surface area contributed by atoms with Crippen LogP contribution < -0.4 is 10.4 Å². The lowest BCUT2D eigenvalue weighted by molar-refractivity contribution is -0.226. The number of aliphatic hydroxyl groups is 1. The van der Waals surface area contributed by atoms with Crippen molar-refractivity contribution in [3.05, 3.63) is 240 Å². The third-order valence-corrected chi connectivity index (χ3v) is 20.2. The number of aliphatic hydroxyl groups excluding tert-OH is 1. The molecule has 0 aromatic heterocycles. The zero-order valence-electron chi connectivity index (χ0n) is 46.6. The van der Waals surface area contributed by atoms with Crippen molar-refractivity contribution in [2.45, 2.75) is 133 Å². The molecule has 0 radical (unpaired) electrons. The van der Waals surface area contributed by atoms with E-state index in [0.717, 1.165) is 38.2 Å². The molecule has 14 heteroatoms. The number of benzene rings is 7. The first-order valence-electron chi connectivity index (χ1n) is 28.1. The van der Waals surface area contributed by atoms with Gasteiger partial charge in [-0.3, -0.25) is 0 Å². The summed E-state index contributed by atoms with van der Waals surface area (Å²) in [4.78, 5) is 0. The summed E-state index contributed by atoms with van der Waals surface area (Å²) in [6.45, 7) is 8.26. The molecular weight excluding hydrogens is 1040 g/mol. The van der Waals surface area contributed by atoms with E-state index in [4.69, 9.17) is 56.5 Å². The first-order valence-corrected chi connectivity index (χ1v) is 30.0. The molecule has 7 aromatic carbocycles. The second kappa shape index (κ2) is 28.5. The molecule has 1 N–H and O–H groups in total. The Balaban J connectivity index is 0.979. The van der Waals surface area contributed by atoms with E-state index in [-0.39, 0.29) is 38.1 Å². The van der Waals surface area contributed by atoms with Crippen molar-refractivity contribution >= 4 is 18.7 Å². The molecule has 12 atom stereocenters. The Labute approximate surface area is 478 Å². The highest BCUT2D eigenvalue weighted by molar-refractivity contribution is 6.99. The molecule has 10 rings (SSSR count). The van der Waals surface area contributed by atoms with Crippen LogP contribution in [-0.4, -0.2) is 114 Å². The lowest BCUT2D eigenvalue weighted by atomic mass is 10.1. The predicted octanol–water partition coefficient (Wildman–Crippen LogP) is 9.71. The summed E-state index contributed by atoms with van der Waals surface area (Å²) in [6.07, 6.45) is -10.4. The first kappa shape index (κ1) is 58.4. The van der Waals surface area contributed by atoms with E-state index >= 15 is 0 Å². The normalized spacial score (nSPS) is 25.8. The molecule has 81 heavy (non-hydrogen) atoms. The van der Waals surface area contributed by atoms with Gasteiger partial charge in [0.1, 0.15) is 54.9 Å². The zero-order valence-corrected chi connectivity index (χ0v) is 47.6. The molecule has 0 saturated carbocycles. The van der Waals surface area contributed by atoms with Gasteiger partial charge in [0.05, 0.1) is 52.9 Å². The number of methoxy groups -OCH3 is 1. The quantitative estimate of drug-likeness (QED) is 0.0491. The standard InChI is InChI=1S/C67H76O13Si/c1-67(2,3)81(53-36-22-10-23-37-53,54-38-24-11-25-39-54)76-47-57-61(80-64-58(68)59(71-41-49-28-14-6-15-29-49)55(77-64)45-70-40-48-26-12-5-13-27-48)63(74-44-52-34-20-9-21-35-52)66(79-57)75-46-56-60(72-42-50-30-16-7-17-31-50)62(65(69-4)78-56)73-43-51-32-18-8-19-33-51/h5-39,55-66,68H,40-47H2,1-4H3/t55-,56-,57-,58+,59-,60-,61-,62+,63+,64-,65+,66+/m1/s1. The second-order valence-corrected chi connectivity index (χ2v) is 26.1. The molecule has 0 unspecified atom stereocenters. The minimum absolute atomic E-state index is 0.00579. The van der Waals surface area contributed by atoms with Gasteiger partial charge in [-0.05, 0) is 43.2 Å². The lowest BCUT2D eigenvalue weighted by Crippen LogP contribution is -2.67. The van der Waals surface area contributed by atoms with Crippen LogP contribution in [0.4, 0.5) is 0 Å². The van der Waals surface area contributed by atoms with E-state index in [1.54, 1.807) is 7.11 Å². The Bertz CT molecular complexity index is 2850. The molecule has 13 nitrogen and oxygen atoms in total. The third kappa shape index (κ3) is 14.7. The predicted molar refractivity (Wildman–Crippen MR) is 310 cm³/mol. The molecule has 426 valence electrons. The van der Waals surface area contributed by atoms with Crippen molar-refractivity contribution in [3.63, 3.8) is 0 Å². The second-order valence-electron chi connectivity index (χ2n) is 21.8. The zero-order chi connectivity index (χ0) is 55.9. The molecule has 0 bridgehead atoms. The minimum atomic E-state index is -3.16. The van der Waals surface area contributed by atoms with Gasteiger partial charge < -0.3 is 61.6 Å². The number of rotatable bonds is 27. The van der Waals surface area contributed by atoms with Crippen LogP contribution in [0.1, 0.15) is 48.6 Å². The van der Waals surface area contributed by atoms with Gasteiger partial charge in [-0.2, -0.15) is 0 Å². The van der Waals surface area contributed by atoms with Crippen molar-refractivity contribution in [1.29, 1.82) is 0 Å². The summed E-state index contributed by atoms with van der Waals surface area (Å²) >= 11 is 0. The number of ether oxygens (including phenoxy) is 11. The molecule has 0 spiro atoms. The maximum atomic E-state index is 12.5. The summed E-state index contributed by atoms with van der Waals surface area (Å²) in [6, 6.07) is 70.6. The summed E-state index contributed by atoms with van der Waals surface area (Å²) in [5.74, 6) is 0. The van der Waals surface area contributed by atoms with Gasteiger partial charge in [-0.1, -0.05) is 233 Å². The maximum Gasteiger partial charge on any atom is 0.261 e. The molecular formula is C67H76O13Si. The fourth-order valence-electron chi connectivity index (χ4n) is 11.1. The van der Waals surface area contributed by atoms with Gasteiger partial charge >= 0.3 is 0 Å². The number of hydrogen-bond acceptors (Lipinski definition) is 13. The molecule has 3 aliphatic rings. The lowest BCUT2D eigenvalue weighted by Gasteiger charge is -2.43. The van der Waals surface area contributed by atoms with E-state index in [1.807, 2.05) is 164 Å². The highest BCUT2D eigenvalue weighted by Gasteiger charge is 2.56. The van der Waals surface area contributed by atoms with Crippen LogP contribution >= 0.6 is 0 Å². The van der Waals surface area contributed by atoms with Crippen LogP contribution in [0.25, 0.3) is 0 Å². The topological polar surface area (TPSA) is 131 Å². The Hall–Kier alpha value is -5.76. The summed E-state index contributed by atoms with van der Waals surface area (Å²) in [5, 5.41) is 14.3. The van der Waals surface area contributed by atoms with E-state index in [1.165, 1.54) is 0 Å². The smallest absolute Gasteiger partial charge is 0.261 e. The average molecular weight is 1120 g/mol. The molecule has 7 aromatic rings. The van der Waals surface area contributed by atoms with Crippen LogP contribution in [0.5, 0.6) is 0 Å². The van der Waals surface area contributed by atoms with Crippen LogP contribution in [0, 0.1) is 0 Å². The monoisotopic (exact) mass is 1120 g/mol. The van der Waals surface area contributed by atoms with Crippen molar-refractivity contribution in [1.82, 2.24) is 0 Å². The summed E-state index contributed by atoms with van der Waals surface area (Å²) in [5.41, 5.74) is 4.87. The van der Waals surface area contributed by atoms with Gasteiger partial charge in [0.15, 0.2) is 18.9 Å². The minimum Gasteiger partial charge on any atom is -0.405 e. The van der Waals surface area contributed by atoms with Crippen LogP contribution in [0.3, 0.4) is 0 Å². The van der Waals surface area contributed by atoms with Gasteiger partial charge in [-0.15, -0.1) is 0 Å². The van der Waals surface area contributed by atoms with E-state index in [9.17, 15) is 5.11 Å². The third-order valence-electron chi connectivity index (χ3n) is 15.2. The average Bonchev–Trinajstić information content (AvgIpc) is 4.26. The van der Waals surface area contributed by atoms with E-state index < -0.39 is 82.1 Å².